The molecule has 2 rings (SSSR count). The van der Waals surface area contributed by atoms with E-state index in [4.69, 9.17) is 4.74 Å². The van der Waals surface area contributed by atoms with Crippen LogP contribution < -0.4 is 5.32 Å². The van der Waals surface area contributed by atoms with Crippen molar-refractivity contribution in [2.24, 2.45) is 5.92 Å². The number of carbonyl (C=O) groups is 2. The summed E-state index contributed by atoms with van der Waals surface area (Å²) < 4.78 is 5.20. The topological polar surface area (TPSA) is 85.7 Å². The first-order valence-electron chi connectivity index (χ1n) is 8.48. The van der Waals surface area contributed by atoms with Gasteiger partial charge in [-0.05, 0) is 24.3 Å². The average molecular weight is 344 g/mol. The molecule has 1 unspecified atom stereocenters. The molecule has 1 atom stereocenters. The number of ether oxygens (including phenoxy) is 1. The van der Waals surface area contributed by atoms with E-state index in [9.17, 15) is 14.9 Å². The van der Waals surface area contributed by atoms with Gasteiger partial charge in [-0.25, -0.2) is 14.8 Å². The molecule has 1 saturated heterocycles. The Bertz CT molecular complexity index is 627. The molecule has 134 valence electrons. The molecule has 0 bridgehead atoms. The third kappa shape index (κ3) is 5.11. The number of rotatable bonds is 5. The number of nitrogens with zero attached hydrogens (tertiary/aromatic N) is 3. The van der Waals surface area contributed by atoms with E-state index in [1.165, 1.54) is 10.0 Å². The molecule has 1 heterocycles. The highest BCUT2D eigenvalue weighted by Crippen LogP contribution is 2.15. The van der Waals surface area contributed by atoms with Crippen molar-refractivity contribution >= 4 is 12.0 Å². The second kappa shape index (κ2) is 8.92. The van der Waals surface area contributed by atoms with Crippen LogP contribution >= 0.6 is 0 Å². The summed E-state index contributed by atoms with van der Waals surface area (Å²) in [6.45, 7) is 4.84. The molecule has 0 aliphatic carbocycles. The predicted octanol–water partition coefficient (Wildman–Crippen LogP) is 2.26. The summed E-state index contributed by atoms with van der Waals surface area (Å²) in [6.07, 6.45) is 3.09. The number of amides is 2. The van der Waals surface area contributed by atoms with Gasteiger partial charge < -0.3 is 10.1 Å². The number of hydrogen-bond acceptors (Lipinski definition) is 5. The Labute approximate surface area is 148 Å². The maximum Gasteiger partial charge on any atom is 0.408 e. The van der Waals surface area contributed by atoms with Gasteiger partial charge in [0, 0.05) is 6.54 Å². The molecule has 7 heteroatoms. The van der Waals surface area contributed by atoms with Gasteiger partial charge in [0.2, 0.25) is 0 Å². The molecule has 0 radical (unpaired) electrons. The Hall–Kier alpha value is -2.75. The van der Waals surface area contributed by atoms with E-state index in [0.717, 1.165) is 18.4 Å². The van der Waals surface area contributed by atoms with Gasteiger partial charge in [-0.3, -0.25) is 4.79 Å². The number of hydrazine groups is 1. The zero-order valence-corrected chi connectivity index (χ0v) is 14.6. The Morgan fingerprint density at radius 2 is 1.92 bits per heavy atom. The fourth-order valence-electron chi connectivity index (χ4n) is 2.66. The van der Waals surface area contributed by atoms with Crippen molar-refractivity contribution in [2.75, 3.05) is 13.1 Å². The van der Waals surface area contributed by atoms with Gasteiger partial charge in [-0.2, -0.15) is 5.26 Å². The minimum atomic E-state index is -0.739. The lowest BCUT2D eigenvalue weighted by Crippen LogP contribution is -2.57. The minimum absolute atomic E-state index is 0.126. The number of carbonyl (C=O) groups excluding carboxylic acids is 2. The molecule has 1 aromatic carbocycles. The van der Waals surface area contributed by atoms with Crippen LogP contribution in [0.15, 0.2) is 30.3 Å². The van der Waals surface area contributed by atoms with E-state index in [0.29, 0.717) is 13.1 Å². The van der Waals surface area contributed by atoms with Gasteiger partial charge in [0.25, 0.3) is 5.91 Å². The Kier molecular flexibility index (Phi) is 6.63. The minimum Gasteiger partial charge on any atom is -0.445 e. The number of alkyl carbamates (subject to hydrolysis) is 1. The highest BCUT2D eigenvalue weighted by molar-refractivity contribution is 5.85. The van der Waals surface area contributed by atoms with Crippen LogP contribution in [0.1, 0.15) is 32.3 Å². The Balaban J connectivity index is 1.96. The molecular weight excluding hydrogens is 320 g/mol. The molecule has 0 saturated carbocycles. The van der Waals surface area contributed by atoms with Crippen LogP contribution in [0.25, 0.3) is 0 Å². The van der Waals surface area contributed by atoms with Crippen LogP contribution in [0.2, 0.25) is 0 Å². The van der Waals surface area contributed by atoms with Crippen LogP contribution in [0, 0.1) is 17.4 Å². The fourth-order valence-corrected chi connectivity index (χ4v) is 2.66. The first-order chi connectivity index (χ1) is 12.0. The smallest absolute Gasteiger partial charge is 0.408 e. The first-order valence-corrected chi connectivity index (χ1v) is 8.48. The lowest BCUT2D eigenvalue weighted by Gasteiger charge is -2.37. The number of benzene rings is 1. The largest absolute Gasteiger partial charge is 0.445 e. The van der Waals surface area contributed by atoms with Crippen LogP contribution in [-0.4, -0.2) is 41.1 Å². The van der Waals surface area contributed by atoms with Crippen molar-refractivity contribution in [3.05, 3.63) is 35.9 Å². The highest BCUT2D eigenvalue weighted by atomic mass is 16.5. The fraction of sp³-hybridized carbons (Fsp3) is 0.500. The van der Waals surface area contributed by atoms with E-state index in [-0.39, 0.29) is 18.4 Å². The maximum atomic E-state index is 12.8. The average Bonchev–Trinajstić information content (AvgIpc) is 2.64. The van der Waals surface area contributed by atoms with Crippen molar-refractivity contribution < 1.29 is 14.3 Å². The quantitative estimate of drug-likeness (QED) is 0.828. The van der Waals surface area contributed by atoms with Gasteiger partial charge in [0.05, 0.1) is 6.54 Å². The molecule has 0 spiro atoms. The van der Waals surface area contributed by atoms with Gasteiger partial charge in [0.15, 0.2) is 6.19 Å². The summed E-state index contributed by atoms with van der Waals surface area (Å²) >= 11 is 0. The SMILES string of the molecule is CC(C)C(NC(=O)OCc1ccccc1)C(=O)N1CCCCN1C#N. The Morgan fingerprint density at radius 1 is 1.24 bits per heavy atom. The van der Waals surface area contributed by atoms with Crippen molar-refractivity contribution in [1.82, 2.24) is 15.3 Å². The lowest BCUT2D eigenvalue weighted by atomic mass is 10.0. The molecule has 1 aliphatic heterocycles. The van der Waals surface area contributed by atoms with Crippen LogP contribution in [0.3, 0.4) is 0 Å². The maximum absolute atomic E-state index is 12.8. The third-order valence-electron chi connectivity index (χ3n) is 4.07. The monoisotopic (exact) mass is 344 g/mol. The summed E-state index contributed by atoms with van der Waals surface area (Å²) in [5.74, 6) is -0.410. The molecule has 2 amide bonds. The highest BCUT2D eigenvalue weighted by Gasteiger charge is 2.33. The second-order valence-corrected chi connectivity index (χ2v) is 6.32. The van der Waals surface area contributed by atoms with E-state index < -0.39 is 12.1 Å². The van der Waals surface area contributed by atoms with E-state index in [2.05, 4.69) is 5.32 Å². The van der Waals surface area contributed by atoms with Crippen molar-refractivity contribution in [1.29, 1.82) is 5.26 Å². The van der Waals surface area contributed by atoms with Crippen molar-refractivity contribution in [2.45, 2.75) is 39.3 Å². The molecule has 25 heavy (non-hydrogen) atoms. The van der Waals surface area contributed by atoms with Gasteiger partial charge in [-0.1, -0.05) is 44.2 Å². The number of nitrogens with one attached hydrogen (secondary N) is 1. The Morgan fingerprint density at radius 3 is 2.56 bits per heavy atom. The van der Waals surface area contributed by atoms with E-state index in [1.807, 2.05) is 50.4 Å². The molecule has 1 aromatic rings. The normalized spacial score (nSPS) is 15.4. The summed E-state index contributed by atoms with van der Waals surface area (Å²) in [5.41, 5.74) is 0.872. The number of hydrogen-bond donors (Lipinski definition) is 1. The van der Waals surface area contributed by atoms with Crippen LogP contribution in [0.5, 0.6) is 0 Å². The zero-order valence-electron chi connectivity index (χ0n) is 14.6. The summed E-state index contributed by atoms with van der Waals surface area (Å²) in [5, 5.41) is 14.6. The molecule has 1 aliphatic rings. The molecular formula is C18H24N4O3. The van der Waals surface area contributed by atoms with E-state index >= 15 is 0 Å². The lowest BCUT2D eigenvalue weighted by molar-refractivity contribution is -0.150. The number of nitriles is 1. The molecule has 1 N–H and O–H groups in total. The van der Waals surface area contributed by atoms with Crippen molar-refractivity contribution in [3.8, 4) is 6.19 Å². The van der Waals surface area contributed by atoms with Gasteiger partial charge in [-0.15, -0.1) is 0 Å². The predicted molar refractivity (Wildman–Crippen MR) is 91.7 cm³/mol. The van der Waals surface area contributed by atoms with Gasteiger partial charge >= 0.3 is 6.09 Å². The van der Waals surface area contributed by atoms with Crippen molar-refractivity contribution in [3.63, 3.8) is 0 Å². The summed E-state index contributed by atoms with van der Waals surface area (Å²) in [6, 6.07) is 8.59. The van der Waals surface area contributed by atoms with E-state index in [1.54, 1.807) is 0 Å². The third-order valence-corrected chi connectivity index (χ3v) is 4.07. The summed E-state index contributed by atoms with van der Waals surface area (Å²) in [4.78, 5) is 24.9. The van der Waals surface area contributed by atoms with Gasteiger partial charge in [0.1, 0.15) is 12.6 Å². The molecule has 7 nitrogen and oxygen atoms in total. The standard InChI is InChI=1S/C18H24N4O3/c1-14(2)16(17(23)22-11-7-6-10-21(22)13-19)20-18(24)25-12-15-8-4-3-5-9-15/h3-5,8-9,14,16H,6-7,10-12H2,1-2H3,(H,20,24). The molecule has 0 aromatic heterocycles. The zero-order chi connectivity index (χ0) is 18.2. The van der Waals surface area contributed by atoms with Crippen LogP contribution in [0.4, 0.5) is 4.79 Å². The second-order valence-electron chi connectivity index (χ2n) is 6.32. The summed E-state index contributed by atoms with van der Waals surface area (Å²) in [7, 11) is 0. The first kappa shape index (κ1) is 18.6. The molecule has 1 fully saturated rings. The van der Waals surface area contributed by atoms with Crippen LogP contribution in [-0.2, 0) is 16.1 Å².